The molecule has 23 heavy (non-hydrogen) atoms. The lowest BCUT2D eigenvalue weighted by molar-refractivity contribution is -0.135. The average Bonchev–Trinajstić information content (AvgIpc) is 3.26. The number of rotatable bonds is 2. The number of nitrogens with one attached hydrogen (secondary N) is 1. The molecule has 0 spiro atoms. The molecule has 1 aliphatic carbocycles. The normalized spacial score (nSPS) is 28.0. The third-order valence-corrected chi connectivity index (χ3v) is 4.97. The van der Waals surface area contributed by atoms with E-state index in [0.29, 0.717) is 31.2 Å². The minimum atomic E-state index is -0.146. The standard InChI is InChI=1S/C16H22N4O3/c1-9-7-12-14(10(2)23-9)17-18-15(12)16(22)19-5-6-20(11-3-4-11)13(21)8-19/h9-11H,3-8H2,1-2H3,(H,17,18)/t9-,10+/m1/s1. The molecule has 2 atom stereocenters. The van der Waals surface area contributed by atoms with E-state index in [4.69, 9.17) is 4.74 Å². The molecular weight excluding hydrogens is 296 g/mol. The van der Waals surface area contributed by atoms with Gasteiger partial charge in [-0.05, 0) is 26.7 Å². The first-order chi connectivity index (χ1) is 11.0. The van der Waals surface area contributed by atoms with Crippen molar-refractivity contribution in [2.75, 3.05) is 19.6 Å². The Morgan fingerprint density at radius 1 is 1.30 bits per heavy atom. The SMILES string of the molecule is C[C@@H]1Cc2c(C(=O)N3CCN(C4CC4)C(=O)C3)n[nH]c2[C@H](C)O1. The van der Waals surface area contributed by atoms with Crippen LogP contribution in [0.15, 0.2) is 0 Å². The Kier molecular flexibility index (Phi) is 3.41. The fourth-order valence-corrected chi connectivity index (χ4v) is 3.63. The van der Waals surface area contributed by atoms with Crippen molar-refractivity contribution < 1.29 is 14.3 Å². The van der Waals surface area contributed by atoms with Crippen LogP contribution in [0.1, 0.15) is 54.5 Å². The van der Waals surface area contributed by atoms with Crippen LogP contribution < -0.4 is 0 Å². The number of fused-ring (bicyclic) bond motifs is 1. The van der Waals surface area contributed by atoms with Crippen LogP contribution in [0.4, 0.5) is 0 Å². The maximum absolute atomic E-state index is 12.8. The van der Waals surface area contributed by atoms with Crippen LogP contribution in [0.3, 0.4) is 0 Å². The van der Waals surface area contributed by atoms with Gasteiger partial charge in [-0.1, -0.05) is 0 Å². The molecule has 2 fully saturated rings. The lowest BCUT2D eigenvalue weighted by Gasteiger charge is -2.34. The minimum absolute atomic E-state index is 0.0570. The van der Waals surface area contributed by atoms with Crippen LogP contribution in [0, 0.1) is 0 Å². The second-order valence-corrected chi connectivity index (χ2v) is 6.80. The topological polar surface area (TPSA) is 78.5 Å². The Morgan fingerprint density at radius 2 is 2.09 bits per heavy atom. The van der Waals surface area contributed by atoms with E-state index < -0.39 is 0 Å². The van der Waals surface area contributed by atoms with E-state index in [2.05, 4.69) is 10.2 Å². The predicted octanol–water partition coefficient (Wildman–Crippen LogP) is 0.879. The first-order valence-corrected chi connectivity index (χ1v) is 8.36. The number of amides is 2. The summed E-state index contributed by atoms with van der Waals surface area (Å²) in [5.74, 6) is -0.0887. The molecule has 2 aliphatic heterocycles. The van der Waals surface area contributed by atoms with Gasteiger partial charge in [-0.25, -0.2) is 0 Å². The Morgan fingerprint density at radius 3 is 2.78 bits per heavy atom. The van der Waals surface area contributed by atoms with Gasteiger partial charge in [0.2, 0.25) is 5.91 Å². The second-order valence-electron chi connectivity index (χ2n) is 6.80. The van der Waals surface area contributed by atoms with Crippen LogP contribution in [-0.2, 0) is 16.0 Å². The first kappa shape index (κ1) is 14.7. The highest BCUT2D eigenvalue weighted by atomic mass is 16.5. The van der Waals surface area contributed by atoms with Crippen LogP contribution in [0.25, 0.3) is 0 Å². The van der Waals surface area contributed by atoms with Crippen LogP contribution >= 0.6 is 0 Å². The molecule has 7 heteroatoms. The zero-order valence-corrected chi connectivity index (χ0v) is 13.5. The van der Waals surface area contributed by atoms with Gasteiger partial charge in [0.15, 0.2) is 5.69 Å². The number of hydrogen-bond acceptors (Lipinski definition) is 4. The number of piperazine rings is 1. The van der Waals surface area contributed by atoms with Crippen LogP contribution in [0.2, 0.25) is 0 Å². The molecule has 4 rings (SSSR count). The highest BCUT2D eigenvalue weighted by Gasteiger charge is 2.38. The number of aromatic nitrogens is 2. The number of ether oxygens (including phenoxy) is 1. The number of H-pyrrole nitrogens is 1. The van der Waals surface area contributed by atoms with Crippen molar-refractivity contribution in [2.45, 2.75) is 51.4 Å². The van der Waals surface area contributed by atoms with Crippen molar-refractivity contribution in [1.82, 2.24) is 20.0 Å². The quantitative estimate of drug-likeness (QED) is 0.878. The summed E-state index contributed by atoms with van der Waals surface area (Å²) in [7, 11) is 0. The summed E-state index contributed by atoms with van der Waals surface area (Å²) in [5.41, 5.74) is 2.28. The number of aromatic amines is 1. The molecule has 0 aromatic carbocycles. The van der Waals surface area contributed by atoms with Crippen LogP contribution in [-0.4, -0.2) is 63.6 Å². The minimum Gasteiger partial charge on any atom is -0.369 e. The summed E-state index contributed by atoms with van der Waals surface area (Å²) >= 11 is 0. The molecule has 0 unspecified atom stereocenters. The number of carbonyl (C=O) groups excluding carboxylic acids is 2. The first-order valence-electron chi connectivity index (χ1n) is 8.36. The maximum atomic E-state index is 12.8. The van der Waals surface area contributed by atoms with E-state index in [1.807, 2.05) is 18.7 Å². The molecule has 1 aromatic heterocycles. The van der Waals surface area contributed by atoms with Crippen molar-refractivity contribution in [3.8, 4) is 0 Å². The number of carbonyl (C=O) groups is 2. The number of hydrogen-bond donors (Lipinski definition) is 1. The molecular formula is C16H22N4O3. The molecule has 1 aromatic rings. The monoisotopic (exact) mass is 318 g/mol. The second kappa shape index (κ2) is 5.33. The van der Waals surface area contributed by atoms with E-state index in [-0.39, 0.29) is 30.6 Å². The highest BCUT2D eigenvalue weighted by Crippen LogP contribution is 2.31. The number of nitrogens with zero attached hydrogens (tertiary/aromatic N) is 3. The summed E-state index contributed by atoms with van der Waals surface area (Å²) in [6.07, 6.45) is 2.85. The van der Waals surface area contributed by atoms with Gasteiger partial charge >= 0.3 is 0 Å². The van der Waals surface area contributed by atoms with Gasteiger partial charge in [-0.3, -0.25) is 14.7 Å². The lowest BCUT2D eigenvalue weighted by Crippen LogP contribution is -2.53. The average molecular weight is 318 g/mol. The lowest BCUT2D eigenvalue weighted by atomic mass is 9.99. The summed E-state index contributed by atoms with van der Waals surface area (Å²) in [6, 6.07) is 0.414. The van der Waals surface area contributed by atoms with Gasteiger partial charge in [-0.15, -0.1) is 0 Å². The van der Waals surface area contributed by atoms with Gasteiger partial charge in [0, 0.05) is 31.1 Å². The molecule has 2 amide bonds. The predicted molar refractivity (Wildman–Crippen MR) is 81.9 cm³/mol. The molecule has 3 aliphatic rings. The van der Waals surface area contributed by atoms with E-state index in [1.165, 1.54) is 0 Å². The van der Waals surface area contributed by atoms with Crippen LogP contribution in [0.5, 0.6) is 0 Å². The zero-order valence-electron chi connectivity index (χ0n) is 13.5. The van der Waals surface area contributed by atoms with Gasteiger partial charge in [0.1, 0.15) is 6.54 Å². The molecule has 1 saturated heterocycles. The van der Waals surface area contributed by atoms with E-state index >= 15 is 0 Å². The van der Waals surface area contributed by atoms with E-state index in [1.54, 1.807) is 4.90 Å². The fourth-order valence-electron chi connectivity index (χ4n) is 3.63. The smallest absolute Gasteiger partial charge is 0.275 e. The van der Waals surface area contributed by atoms with E-state index in [0.717, 1.165) is 24.1 Å². The Balaban J connectivity index is 1.53. The van der Waals surface area contributed by atoms with Gasteiger partial charge in [-0.2, -0.15) is 5.10 Å². The summed E-state index contributed by atoms with van der Waals surface area (Å²) in [5, 5.41) is 7.18. The Labute approximate surface area is 135 Å². The molecule has 124 valence electrons. The third-order valence-electron chi connectivity index (χ3n) is 4.97. The van der Waals surface area contributed by atoms with Crippen molar-refractivity contribution in [3.63, 3.8) is 0 Å². The van der Waals surface area contributed by atoms with Gasteiger partial charge in [0.25, 0.3) is 5.91 Å². The zero-order chi connectivity index (χ0) is 16.1. The van der Waals surface area contributed by atoms with Crippen molar-refractivity contribution >= 4 is 11.8 Å². The summed E-state index contributed by atoms with van der Waals surface area (Å²) in [6.45, 7) is 5.35. The van der Waals surface area contributed by atoms with Crippen molar-refractivity contribution in [3.05, 3.63) is 17.0 Å². The Hall–Kier alpha value is -1.89. The largest absolute Gasteiger partial charge is 0.369 e. The molecule has 0 bridgehead atoms. The molecule has 0 radical (unpaired) electrons. The Bertz CT molecular complexity index is 652. The molecule has 1 saturated carbocycles. The van der Waals surface area contributed by atoms with Crippen molar-refractivity contribution in [1.29, 1.82) is 0 Å². The van der Waals surface area contributed by atoms with Crippen molar-refractivity contribution in [2.24, 2.45) is 0 Å². The summed E-state index contributed by atoms with van der Waals surface area (Å²) < 4.78 is 5.76. The molecule has 1 N–H and O–H groups in total. The fraction of sp³-hybridized carbons (Fsp3) is 0.688. The highest BCUT2D eigenvalue weighted by molar-refractivity contribution is 5.97. The van der Waals surface area contributed by atoms with E-state index in [9.17, 15) is 9.59 Å². The maximum Gasteiger partial charge on any atom is 0.275 e. The molecule has 3 heterocycles. The third kappa shape index (κ3) is 2.52. The molecule has 7 nitrogen and oxygen atoms in total. The summed E-state index contributed by atoms with van der Waals surface area (Å²) in [4.78, 5) is 28.6. The van der Waals surface area contributed by atoms with Gasteiger partial charge < -0.3 is 14.5 Å². The van der Waals surface area contributed by atoms with Gasteiger partial charge in [0.05, 0.1) is 17.9 Å².